The van der Waals surface area contributed by atoms with Gasteiger partial charge in [0.25, 0.3) is 11.6 Å². The van der Waals surface area contributed by atoms with Crippen LogP contribution in [0.2, 0.25) is 0 Å². The summed E-state index contributed by atoms with van der Waals surface area (Å²) in [6.07, 6.45) is -0.424. The second-order valence-corrected chi connectivity index (χ2v) is 8.86. The highest BCUT2D eigenvalue weighted by Gasteiger charge is 2.21. The van der Waals surface area contributed by atoms with Crippen molar-refractivity contribution in [3.8, 4) is 0 Å². The molecule has 2 aromatic rings. The van der Waals surface area contributed by atoms with Crippen molar-refractivity contribution in [3.63, 3.8) is 0 Å². The third-order valence-corrected chi connectivity index (χ3v) is 6.23. The highest BCUT2D eigenvalue weighted by molar-refractivity contribution is 7.91. The average molecular weight is 434 g/mol. The van der Waals surface area contributed by atoms with Crippen LogP contribution in [0.3, 0.4) is 0 Å². The van der Waals surface area contributed by atoms with Gasteiger partial charge in [-0.25, -0.2) is 8.42 Å². The van der Waals surface area contributed by atoms with E-state index in [1.54, 1.807) is 32.0 Å². The topological polar surface area (TPSA) is 133 Å². The van der Waals surface area contributed by atoms with Crippen LogP contribution < -0.4 is 5.32 Å². The van der Waals surface area contributed by atoms with Crippen LogP contribution in [0.4, 0.5) is 11.4 Å². The zero-order valence-electron chi connectivity index (χ0n) is 16.8. The minimum Gasteiger partial charge on any atom is -0.456 e. The van der Waals surface area contributed by atoms with E-state index in [0.717, 1.165) is 11.1 Å². The van der Waals surface area contributed by atoms with E-state index in [2.05, 4.69) is 5.32 Å². The molecule has 0 spiro atoms. The zero-order chi connectivity index (χ0) is 22.5. The van der Waals surface area contributed by atoms with Crippen molar-refractivity contribution in [2.75, 3.05) is 17.7 Å². The number of nitrogens with one attached hydrogen (secondary N) is 1. The Balaban J connectivity index is 1.93. The molecule has 0 fully saturated rings. The number of esters is 1. The summed E-state index contributed by atoms with van der Waals surface area (Å²) in [4.78, 5) is 34.6. The third kappa shape index (κ3) is 5.86. The number of ether oxygens (including phenoxy) is 1. The highest BCUT2D eigenvalue weighted by atomic mass is 32.2. The molecular formula is C20H22N2O7S. The number of hydrogen-bond acceptors (Lipinski definition) is 7. The van der Waals surface area contributed by atoms with Gasteiger partial charge in [-0.05, 0) is 44.0 Å². The van der Waals surface area contributed by atoms with Gasteiger partial charge >= 0.3 is 5.97 Å². The van der Waals surface area contributed by atoms with Gasteiger partial charge in [0.2, 0.25) is 0 Å². The fourth-order valence-corrected chi connectivity index (χ4v) is 3.81. The fourth-order valence-electron chi connectivity index (χ4n) is 2.59. The molecule has 30 heavy (non-hydrogen) atoms. The zero-order valence-corrected chi connectivity index (χ0v) is 17.6. The predicted molar refractivity (Wildman–Crippen MR) is 110 cm³/mol. The summed E-state index contributed by atoms with van der Waals surface area (Å²) in [6.45, 7) is 4.50. The minimum absolute atomic E-state index is 0.0306. The lowest BCUT2D eigenvalue weighted by molar-refractivity contribution is -0.384. The Morgan fingerprint density at radius 2 is 1.70 bits per heavy atom. The minimum atomic E-state index is -3.66. The van der Waals surface area contributed by atoms with Crippen LogP contribution in [0.25, 0.3) is 0 Å². The maximum Gasteiger partial charge on any atom is 0.307 e. The molecule has 0 aliphatic carbocycles. The molecule has 2 rings (SSSR count). The Morgan fingerprint density at radius 3 is 2.30 bits per heavy atom. The van der Waals surface area contributed by atoms with Crippen LogP contribution in [0.15, 0.2) is 41.3 Å². The molecule has 1 N–H and O–H groups in total. The van der Waals surface area contributed by atoms with E-state index >= 15 is 0 Å². The molecule has 0 bridgehead atoms. The van der Waals surface area contributed by atoms with Gasteiger partial charge in [0.05, 0.1) is 22.0 Å². The van der Waals surface area contributed by atoms with E-state index in [1.807, 2.05) is 6.92 Å². The first-order chi connectivity index (χ1) is 14.0. The summed E-state index contributed by atoms with van der Waals surface area (Å²) in [5.74, 6) is -2.09. The number of benzene rings is 2. The van der Waals surface area contributed by atoms with Crippen LogP contribution >= 0.6 is 0 Å². The number of sulfone groups is 1. The second kappa shape index (κ2) is 9.49. The lowest BCUT2D eigenvalue weighted by atomic mass is 10.1. The Kier molecular flexibility index (Phi) is 7.28. The van der Waals surface area contributed by atoms with E-state index in [-0.39, 0.29) is 16.3 Å². The van der Waals surface area contributed by atoms with Gasteiger partial charge in [-0.1, -0.05) is 23.8 Å². The molecule has 0 saturated carbocycles. The van der Waals surface area contributed by atoms with Crippen molar-refractivity contribution in [1.29, 1.82) is 0 Å². The SMILES string of the molecule is Cc1ccc(S(=O)(=O)CCC(=O)OCC(=O)Nc2c([N+](=O)[O-])ccc(C)c2C)cc1. The molecule has 10 heteroatoms. The third-order valence-electron chi connectivity index (χ3n) is 4.49. The summed E-state index contributed by atoms with van der Waals surface area (Å²) in [6, 6.07) is 9.07. The molecule has 160 valence electrons. The molecule has 9 nitrogen and oxygen atoms in total. The number of nitro groups is 1. The average Bonchev–Trinajstić information content (AvgIpc) is 2.68. The number of carbonyl (C=O) groups excluding carboxylic acids is 2. The van der Waals surface area contributed by atoms with Crippen LogP contribution in [-0.2, 0) is 24.2 Å². The summed E-state index contributed by atoms with van der Waals surface area (Å²) >= 11 is 0. The van der Waals surface area contributed by atoms with Gasteiger partial charge in [0, 0.05) is 6.07 Å². The van der Waals surface area contributed by atoms with Crippen LogP contribution in [0.5, 0.6) is 0 Å². The van der Waals surface area contributed by atoms with Crippen molar-refractivity contribution >= 4 is 33.1 Å². The smallest absolute Gasteiger partial charge is 0.307 e. The number of hydrogen-bond donors (Lipinski definition) is 1. The van der Waals surface area contributed by atoms with Crippen molar-refractivity contribution < 1.29 is 27.7 Å². The van der Waals surface area contributed by atoms with Gasteiger partial charge < -0.3 is 10.1 Å². The lowest BCUT2D eigenvalue weighted by Crippen LogP contribution is -2.23. The Morgan fingerprint density at radius 1 is 1.07 bits per heavy atom. The first-order valence-electron chi connectivity index (χ1n) is 9.01. The molecule has 0 radical (unpaired) electrons. The van der Waals surface area contributed by atoms with Gasteiger partial charge in [0.1, 0.15) is 5.69 Å². The maximum absolute atomic E-state index is 12.2. The molecule has 0 atom stereocenters. The molecular weight excluding hydrogens is 412 g/mol. The Bertz CT molecular complexity index is 1080. The first-order valence-corrected chi connectivity index (χ1v) is 10.7. The molecule has 0 aliphatic rings. The molecule has 0 aromatic heterocycles. The largest absolute Gasteiger partial charge is 0.456 e. The van der Waals surface area contributed by atoms with E-state index < -0.39 is 45.4 Å². The molecule has 0 aliphatic heterocycles. The van der Waals surface area contributed by atoms with Crippen molar-refractivity contribution in [2.24, 2.45) is 0 Å². The van der Waals surface area contributed by atoms with E-state index in [0.29, 0.717) is 5.56 Å². The second-order valence-electron chi connectivity index (χ2n) is 6.75. The number of anilines is 1. The number of rotatable bonds is 8. The predicted octanol–water partition coefficient (Wildman–Crippen LogP) is 2.87. The Hall–Kier alpha value is -3.27. The summed E-state index contributed by atoms with van der Waals surface area (Å²) < 4.78 is 29.3. The quantitative estimate of drug-likeness (QED) is 0.384. The number of amides is 1. The Labute approximate surface area is 174 Å². The number of carbonyl (C=O) groups is 2. The molecule has 2 aromatic carbocycles. The standard InChI is InChI=1S/C20H22N2O7S/c1-13-4-7-16(8-5-13)30(27,28)11-10-19(24)29-12-18(23)21-20-15(3)14(2)6-9-17(20)22(25)26/h4-9H,10-12H2,1-3H3,(H,21,23). The van der Waals surface area contributed by atoms with Crippen LogP contribution in [-0.4, -0.2) is 37.6 Å². The highest BCUT2D eigenvalue weighted by Crippen LogP contribution is 2.30. The van der Waals surface area contributed by atoms with Crippen molar-refractivity contribution in [2.45, 2.75) is 32.1 Å². The van der Waals surface area contributed by atoms with Crippen molar-refractivity contribution in [1.82, 2.24) is 0 Å². The van der Waals surface area contributed by atoms with E-state index in [4.69, 9.17) is 4.74 Å². The van der Waals surface area contributed by atoms with Crippen molar-refractivity contribution in [3.05, 3.63) is 63.2 Å². The number of nitro benzene ring substituents is 1. The monoisotopic (exact) mass is 434 g/mol. The van der Waals surface area contributed by atoms with E-state index in [9.17, 15) is 28.1 Å². The van der Waals surface area contributed by atoms with Gasteiger partial charge in [-0.2, -0.15) is 0 Å². The lowest BCUT2D eigenvalue weighted by Gasteiger charge is -2.11. The first kappa shape index (κ1) is 23.0. The molecule has 0 heterocycles. The van der Waals surface area contributed by atoms with Crippen LogP contribution in [0, 0.1) is 30.9 Å². The molecule has 0 unspecified atom stereocenters. The number of aryl methyl sites for hydroxylation is 2. The molecule has 1 amide bonds. The van der Waals surface area contributed by atoms with Gasteiger partial charge in [-0.15, -0.1) is 0 Å². The summed E-state index contributed by atoms with van der Waals surface area (Å²) in [7, 11) is -3.66. The van der Waals surface area contributed by atoms with Crippen LogP contribution in [0.1, 0.15) is 23.1 Å². The fraction of sp³-hybridized carbons (Fsp3) is 0.300. The molecule has 0 saturated heterocycles. The van der Waals surface area contributed by atoms with Gasteiger partial charge in [0.15, 0.2) is 16.4 Å². The summed E-state index contributed by atoms with van der Waals surface area (Å²) in [5, 5.41) is 13.5. The summed E-state index contributed by atoms with van der Waals surface area (Å²) in [5.41, 5.74) is 1.93. The van der Waals surface area contributed by atoms with E-state index in [1.165, 1.54) is 18.2 Å². The van der Waals surface area contributed by atoms with Gasteiger partial charge in [-0.3, -0.25) is 19.7 Å². The normalized spacial score (nSPS) is 11.0. The number of nitrogens with zero attached hydrogens (tertiary/aromatic N) is 1. The maximum atomic E-state index is 12.2.